The number of benzene rings is 1. The quantitative estimate of drug-likeness (QED) is 0.297. The molecular weight excluding hydrogens is 487 g/mol. The summed E-state index contributed by atoms with van der Waals surface area (Å²) in [5.41, 5.74) is 0.837. The second kappa shape index (κ2) is 11.2. The lowest BCUT2D eigenvalue weighted by atomic mass is 9.98. The number of rotatable bonds is 7. The summed E-state index contributed by atoms with van der Waals surface area (Å²) < 4.78 is 51.7. The summed E-state index contributed by atoms with van der Waals surface area (Å²) in [4.78, 5) is 47.0. The van der Waals surface area contributed by atoms with E-state index >= 15 is 0 Å². The first-order valence-electron chi connectivity index (χ1n) is 10.8. The van der Waals surface area contributed by atoms with E-state index in [-0.39, 0.29) is 6.16 Å². The Bertz CT molecular complexity index is 1020. The van der Waals surface area contributed by atoms with Crippen molar-refractivity contribution in [1.29, 1.82) is 0 Å². The molecule has 2 heterocycles. The van der Waals surface area contributed by atoms with Crippen molar-refractivity contribution in [1.82, 2.24) is 0 Å². The zero-order valence-electron chi connectivity index (χ0n) is 19.7. The molecule has 13 heteroatoms. The van der Waals surface area contributed by atoms with Crippen LogP contribution in [-0.4, -0.2) is 67.4 Å². The summed E-state index contributed by atoms with van der Waals surface area (Å²) in [6.45, 7) is 4.05. The smallest absolute Gasteiger partial charge is 0.381 e. The van der Waals surface area contributed by atoms with Crippen molar-refractivity contribution in [2.24, 2.45) is 0 Å². The van der Waals surface area contributed by atoms with E-state index in [0.29, 0.717) is 12.2 Å². The van der Waals surface area contributed by atoms with Gasteiger partial charge >= 0.3 is 31.5 Å². The number of fused-ring (bicyclic) bond motifs is 1. The van der Waals surface area contributed by atoms with Crippen molar-refractivity contribution in [3.05, 3.63) is 29.8 Å². The molecule has 35 heavy (non-hydrogen) atoms. The predicted molar refractivity (Wildman–Crippen MR) is 116 cm³/mol. The van der Waals surface area contributed by atoms with Crippen molar-refractivity contribution in [3.8, 4) is 5.75 Å². The molecule has 2 aliphatic rings. The number of hydrogen-bond acceptors (Lipinski definition) is 12. The van der Waals surface area contributed by atoms with Crippen LogP contribution >= 0.6 is 7.60 Å². The number of esters is 4. The zero-order chi connectivity index (χ0) is 25.8. The van der Waals surface area contributed by atoms with Gasteiger partial charge in [-0.15, -0.1) is 0 Å². The average Bonchev–Trinajstić information content (AvgIpc) is 2.75. The van der Waals surface area contributed by atoms with E-state index in [2.05, 4.69) is 0 Å². The minimum absolute atomic E-state index is 0.00309. The molecule has 3 unspecified atom stereocenters. The molecule has 3 rings (SSSR count). The van der Waals surface area contributed by atoms with Crippen LogP contribution in [0, 0.1) is 0 Å². The van der Waals surface area contributed by atoms with Gasteiger partial charge in [0.05, 0.1) is 6.16 Å². The summed E-state index contributed by atoms with van der Waals surface area (Å²) in [6.07, 6.45) is -6.66. The van der Waals surface area contributed by atoms with Crippen LogP contribution in [0.3, 0.4) is 0 Å². The van der Waals surface area contributed by atoms with Gasteiger partial charge in [0.25, 0.3) is 0 Å². The molecule has 0 saturated carbocycles. The summed E-state index contributed by atoms with van der Waals surface area (Å²) in [6, 6.07) is 6.99. The molecule has 0 amide bonds. The largest absolute Gasteiger partial charge is 0.463 e. The van der Waals surface area contributed by atoms with Gasteiger partial charge in [-0.25, -0.2) is 4.57 Å². The monoisotopic (exact) mass is 514 g/mol. The van der Waals surface area contributed by atoms with Crippen molar-refractivity contribution < 1.29 is 56.5 Å². The summed E-state index contributed by atoms with van der Waals surface area (Å²) in [5.74, 6) is -2.63. The molecule has 192 valence electrons. The normalized spacial score (nSPS) is 29.7. The Morgan fingerprint density at radius 2 is 1.49 bits per heavy atom. The van der Waals surface area contributed by atoms with Crippen LogP contribution in [0.1, 0.15) is 33.3 Å². The van der Waals surface area contributed by atoms with E-state index < -0.39 is 68.8 Å². The van der Waals surface area contributed by atoms with Gasteiger partial charge in [0.2, 0.25) is 6.29 Å². The van der Waals surface area contributed by atoms with Gasteiger partial charge in [0, 0.05) is 27.7 Å². The van der Waals surface area contributed by atoms with Crippen LogP contribution in [0.5, 0.6) is 5.75 Å². The third kappa shape index (κ3) is 7.03. The van der Waals surface area contributed by atoms with E-state index in [1.165, 1.54) is 0 Å². The maximum atomic E-state index is 13.5. The van der Waals surface area contributed by atoms with Gasteiger partial charge in [-0.2, -0.15) is 0 Å². The molecule has 6 atom stereocenters. The lowest BCUT2D eigenvalue weighted by Gasteiger charge is -2.44. The highest BCUT2D eigenvalue weighted by Gasteiger charge is 2.54. The number of carbonyl (C=O) groups excluding carboxylic acids is 4. The Balaban J connectivity index is 1.95. The first-order valence-corrected chi connectivity index (χ1v) is 12.6. The third-order valence-corrected chi connectivity index (χ3v) is 6.85. The number of aryl methyl sites for hydroxylation is 1. The van der Waals surface area contributed by atoms with Crippen LogP contribution in [0.15, 0.2) is 24.3 Å². The van der Waals surface area contributed by atoms with E-state index in [4.69, 9.17) is 32.7 Å². The van der Waals surface area contributed by atoms with E-state index in [9.17, 15) is 23.7 Å². The molecule has 2 aliphatic heterocycles. The lowest BCUT2D eigenvalue weighted by molar-refractivity contribution is -0.289. The highest BCUT2D eigenvalue weighted by atomic mass is 31.2. The van der Waals surface area contributed by atoms with E-state index in [1.807, 2.05) is 12.1 Å². The van der Waals surface area contributed by atoms with Crippen molar-refractivity contribution in [2.75, 3.05) is 12.8 Å². The molecule has 0 radical (unpaired) electrons. The second-order valence-corrected chi connectivity index (χ2v) is 10.0. The van der Waals surface area contributed by atoms with Crippen LogP contribution in [-0.2, 0) is 58.4 Å². The molecule has 0 aromatic heterocycles. The lowest BCUT2D eigenvalue weighted by Crippen LogP contribution is -2.62. The Hall–Kier alpha value is -2.95. The van der Waals surface area contributed by atoms with Crippen LogP contribution in [0.4, 0.5) is 0 Å². The van der Waals surface area contributed by atoms with Gasteiger partial charge in [0.15, 0.2) is 18.3 Å². The van der Waals surface area contributed by atoms with Gasteiger partial charge in [-0.3, -0.25) is 23.7 Å². The first kappa shape index (κ1) is 26.7. The summed E-state index contributed by atoms with van der Waals surface area (Å²) in [7, 11) is -3.84. The van der Waals surface area contributed by atoms with E-state index in [1.54, 1.807) is 12.1 Å². The van der Waals surface area contributed by atoms with Crippen molar-refractivity contribution in [3.63, 3.8) is 0 Å². The maximum Gasteiger partial charge on any atom is 0.381 e. The fourth-order valence-corrected chi connectivity index (χ4v) is 5.48. The molecule has 1 aromatic rings. The Kier molecular flexibility index (Phi) is 8.52. The molecule has 0 N–H and O–H groups in total. The molecule has 0 aliphatic carbocycles. The highest BCUT2D eigenvalue weighted by Crippen LogP contribution is 2.55. The molecule has 0 spiro atoms. The summed E-state index contributed by atoms with van der Waals surface area (Å²) in [5, 5.41) is 0. The predicted octanol–water partition coefficient (Wildman–Crippen LogP) is 1.91. The molecule has 1 fully saturated rings. The number of para-hydroxylation sites is 1. The number of hydrogen-bond donors (Lipinski definition) is 0. The molecule has 1 aromatic carbocycles. The number of carbonyl (C=O) groups is 4. The fraction of sp³-hybridized carbons (Fsp3) is 0.545. The van der Waals surface area contributed by atoms with Crippen molar-refractivity contribution >= 4 is 31.5 Å². The van der Waals surface area contributed by atoms with E-state index in [0.717, 1.165) is 33.3 Å². The van der Waals surface area contributed by atoms with Crippen LogP contribution < -0.4 is 4.52 Å². The minimum Gasteiger partial charge on any atom is -0.463 e. The SMILES string of the molecule is CC(=O)OCC1O[C@@H](OP2(=O)CCc3ccccc3O2)C(OC(C)=O)[C@@H](OC(C)=O)[C@H]1OC(C)=O. The minimum atomic E-state index is -3.84. The third-order valence-electron chi connectivity index (χ3n) is 5.08. The van der Waals surface area contributed by atoms with Gasteiger partial charge < -0.3 is 28.2 Å². The zero-order valence-corrected chi connectivity index (χ0v) is 20.6. The fourth-order valence-electron chi connectivity index (χ4n) is 3.76. The topological polar surface area (TPSA) is 150 Å². The number of ether oxygens (including phenoxy) is 5. The van der Waals surface area contributed by atoms with Crippen LogP contribution in [0.25, 0.3) is 0 Å². The Labute approximate surface area is 201 Å². The highest BCUT2D eigenvalue weighted by molar-refractivity contribution is 7.54. The maximum absolute atomic E-state index is 13.5. The van der Waals surface area contributed by atoms with Gasteiger partial charge in [0.1, 0.15) is 18.5 Å². The summed E-state index contributed by atoms with van der Waals surface area (Å²) >= 11 is 0. The standard InChI is InChI=1S/C22H27O12P/c1-12(23)28-11-18-19(29-13(2)24)20(30-14(3)25)21(31-15(4)26)22(32-18)34-35(27)10-9-16-7-5-6-8-17(16)33-35/h5-8,18-22H,9-11H2,1-4H3/t18?,19-,20-,21?,22-,35?/m0/s1. The first-order chi connectivity index (χ1) is 16.5. The Morgan fingerprint density at radius 3 is 2.11 bits per heavy atom. The van der Waals surface area contributed by atoms with Gasteiger partial charge in [-0.05, 0) is 18.1 Å². The molecule has 0 bridgehead atoms. The molecule has 1 saturated heterocycles. The molecular formula is C22H27O12P. The van der Waals surface area contributed by atoms with Crippen LogP contribution in [0.2, 0.25) is 0 Å². The molecule has 12 nitrogen and oxygen atoms in total. The van der Waals surface area contributed by atoms with Crippen molar-refractivity contribution in [2.45, 2.75) is 64.8 Å². The average molecular weight is 514 g/mol. The van der Waals surface area contributed by atoms with Gasteiger partial charge in [-0.1, -0.05) is 18.2 Å². The second-order valence-electron chi connectivity index (χ2n) is 7.96. The Morgan fingerprint density at radius 1 is 0.886 bits per heavy atom.